The van der Waals surface area contributed by atoms with Crippen LogP contribution in [0, 0.1) is 0 Å². The lowest BCUT2D eigenvalue weighted by molar-refractivity contribution is 0.504. The zero-order chi connectivity index (χ0) is 10.5. The summed E-state index contributed by atoms with van der Waals surface area (Å²) < 4.78 is 0. The zero-order valence-corrected chi connectivity index (χ0v) is 10.2. The highest BCUT2D eigenvalue weighted by Gasteiger charge is 1.96. The van der Waals surface area contributed by atoms with Gasteiger partial charge in [-0.15, -0.1) is 0 Å². The molecule has 0 aromatic heterocycles. The van der Waals surface area contributed by atoms with Crippen LogP contribution in [0.15, 0.2) is 0 Å². The predicted octanol–water partition coefficient (Wildman–Crippen LogP) is 3.54. The Balaban J connectivity index is 0. The van der Waals surface area contributed by atoms with Crippen LogP contribution in [-0.2, 0) is 0 Å². The monoisotopic (exact) mass is 201 g/mol. The summed E-state index contributed by atoms with van der Waals surface area (Å²) in [5.41, 5.74) is 0. The molecule has 2 fully saturated rings. The van der Waals surface area contributed by atoms with Gasteiger partial charge in [-0.2, -0.15) is 0 Å². The van der Waals surface area contributed by atoms with E-state index in [9.17, 15) is 0 Å². The van der Waals surface area contributed by atoms with Crippen LogP contribution in [-0.4, -0.2) is 23.9 Å². The van der Waals surface area contributed by atoms with Crippen molar-refractivity contribution >= 4 is 23.9 Å². The first-order chi connectivity index (χ1) is 7.00. The Morgan fingerprint density at radius 3 is 0.467 bits per heavy atom. The van der Waals surface area contributed by atoms with Gasteiger partial charge in [-0.1, -0.05) is 77.0 Å². The average molecular weight is 201 g/mol. The van der Waals surface area contributed by atoms with E-state index in [0.717, 1.165) is 0 Å². The maximum absolute atomic E-state index is 4.00. The van der Waals surface area contributed by atoms with Gasteiger partial charge in [-0.05, 0) is 0 Å². The maximum Gasteiger partial charge on any atom is 0 e. The molecule has 0 aliphatic heterocycles. The molecule has 0 unspecified atom stereocenters. The van der Waals surface area contributed by atoms with Gasteiger partial charge in [-0.3, -0.25) is 0 Å². The van der Waals surface area contributed by atoms with Crippen LogP contribution in [0.5, 0.6) is 0 Å². The van der Waals surface area contributed by atoms with Crippen LogP contribution in [0.3, 0.4) is 0 Å². The van der Waals surface area contributed by atoms with E-state index in [1.165, 1.54) is 77.0 Å². The van der Waals surface area contributed by atoms with Gasteiger partial charge in [0.15, 0.2) is 0 Å². The van der Waals surface area contributed by atoms with E-state index in [1.807, 2.05) is 0 Å². The molecule has 0 amide bonds. The highest BCUT2D eigenvalue weighted by Crippen LogP contribution is 2.15. The van der Waals surface area contributed by atoms with Crippen molar-refractivity contribution in [1.29, 1.82) is 0 Å². The minimum Gasteiger partial charge on any atom is -0.0533 e. The van der Waals surface area contributed by atoms with Gasteiger partial charge in [0, 0.05) is 23.9 Å². The molecule has 0 nitrogen and oxygen atoms in total. The lowest BCUT2D eigenvalue weighted by Gasteiger charge is -2.05. The van der Waals surface area contributed by atoms with Gasteiger partial charge >= 0.3 is 0 Å². The Hall–Kier alpha value is 0.195. The van der Waals surface area contributed by atoms with Crippen molar-refractivity contribution in [2.75, 3.05) is 0 Å². The van der Waals surface area contributed by atoms with Gasteiger partial charge in [0.2, 0.25) is 0 Å². The third kappa shape index (κ3) is 14.2. The smallest absolute Gasteiger partial charge is 0 e. The molecular formula is C12H24B3. The van der Waals surface area contributed by atoms with E-state index in [4.69, 9.17) is 0 Å². The van der Waals surface area contributed by atoms with Crippen LogP contribution in [0.2, 0.25) is 0 Å². The van der Waals surface area contributed by atoms with Crippen molar-refractivity contribution in [2.24, 2.45) is 0 Å². The molecule has 0 aromatic carbocycles. The topological polar surface area (TPSA) is 0 Å². The van der Waals surface area contributed by atoms with Gasteiger partial charge < -0.3 is 0 Å². The highest BCUT2D eigenvalue weighted by atomic mass is 14.0. The molecule has 2 saturated carbocycles. The van der Waals surface area contributed by atoms with E-state index in [1.54, 1.807) is 0 Å². The third-order valence-electron chi connectivity index (χ3n) is 3.00. The second-order valence-corrected chi connectivity index (χ2v) is 4.24. The van der Waals surface area contributed by atoms with Crippen LogP contribution in [0.4, 0.5) is 0 Å². The number of hydrogen-bond donors (Lipinski definition) is 0. The van der Waals surface area contributed by atoms with Crippen molar-refractivity contribution in [3.63, 3.8) is 0 Å². The first-order valence-corrected chi connectivity index (χ1v) is 6.33. The van der Waals surface area contributed by atoms with Crippen molar-refractivity contribution in [3.8, 4) is 0 Å². The second-order valence-electron chi connectivity index (χ2n) is 4.24. The Bertz CT molecular complexity index is 53.8. The van der Waals surface area contributed by atoms with E-state index in [-0.39, 0.29) is 8.41 Å². The maximum atomic E-state index is 4.00. The molecule has 3 heteroatoms. The van der Waals surface area contributed by atoms with Gasteiger partial charge in [-0.25, -0.2) is 0 Å². The fourth-order valence-corrected chi connectivity index (χ4v) is 2.12. The van der Waals surface area contributed by atoms with Crippen LogP contribution in [0.25, 0.3) is 0 Å². The molecule has 0 saturated heterocycles. The summed E-state index contributed by atoms with van der Waals surface area (Å²) in [6.07, 6.45) is 18.0. The first kappa shape index (κ1) is 17.6. The summed E-state index contributed by atoms with van der Waals surface area (Å²) >= 11 is 0. The summed E-state index contributed by atoms with van der Waals surface area (Å²) in [5.74, 6) is 0. The molecule has 81 valence electrons. The summed E-state index contributed by atoms with van der Waals surface area (Å²) in [5, 5.41) is 0. The second kappa shape index (κ2) is 16.6. The lowest BCUT2D eigenvalue weighted by atomic mass is 9.81. The minimum atomic E-state index is 0. The van der Waals surface area contributed by atoms with Crippen molar-refractivity contribution in [2.45, 2.75) is 77.0 Å². The summed E-state index contributed by atoms with van der Waals surface area (Å²) in [7, 11) is 8.00. The quantitative estimate of drug-likeness (QED) is 0.525. The molecule has 2 aliphatic carbocycles. The minimum absolute atomic E-state index is 0. The predicted molar refractivity (Wildman–Crippen MR) is 72.7 cm³/mol. The fraction of sp³-hybridized carbons (Fsp3) is 1.00. The molecule has 0 spiro atoms. The van der Waals surface area contributed by atoms with E-state index < -0.39 is 0 Å². The van der Waals surface area contributed by atoms with Crippen LogP contribution >= 0.6 is 0 Å². The Morgan fingerprint density at radius 2 is 0.400 bits per heavy atom. The van der Waals surface area contributed by atoms with E-state index in [0.29, 0.717) is 0 Å². The van der Waals surface area contributed by atoms with Crippen LogP contribution in [0.1, 0.15) is 77.0 Å². The fourth-order valence-electron chi connectivity index (χ4n) is 2.12. The lowest BCUT2D eigenvalue weighted by Crippen LogP contribution is -1.85. The largest absolute Gasteiger partial charge is 0.0533 e. The summed E-state index contributed by atoms with van der Waals surface area (Å²) in [6, 6.07) is 0. The Kier molecular flexibility index (Phi) is 19.5. The molecule has 0 bridgehead atoms. The third-order valence-corrected chi connectivity index (χ3v) is 3.00. The standard InChI is InChI=1S/2C6H12.B2.B/c2*1-2-4-6-5-3-1;1-2;/h2*1-6H2;;. The van der Waals surface area contributed by atoms with Gasteiger partial charge in [0.25, 0.3) is 0 Å². The molecule has 0 aromatic rings. The Morgan fingerprint density at radius 1 is 0.333 bits per heavy atom. The van der Waals surface area contributed by atoms with Gasteiger partial charge in [0.05, 0.1) is 0 Å². The summed E-state index contributed by atoms with van der Waals surface area (Å²) in [6.45, 7) is 0. The SMILES string of the molecule is C1CCCCC1.C1CCCCC1.[B].[B][B]. The molecule has 2 rings (SSSR count). The molecular weight excluding hydrogens is 177 g/mol. The van der Waals surface area contributed by atoms with Crippen LogP contribution < -0.4 is 0 Å². The molecule has 0 atom stereocenters. The van der Waals surface area contributed by atoms with Crippen molar-refractivity contribution in [1.82, 2.24) is 0 Å². The van der Waals surface area contributed by atoms with Crippen molar-refractivity contribution in [3.05, 3.63) is 0 Å². The average Bonchev–Trinajstić information content (AvgIpc) is 2.37. The number of rotatable bonds is 0. The molecule has 15 heavy (non-hydrogen) atoms. The van der Waals surface area contributed by atoms with E-state index in [2.05, 4.69) is 15.5 Å². The summed E-state index contributed by atoms with van der Waals surface area (Å²) in [4.78, 5) is 0. The normalized spacial score (nSPS) is 19.5. The Labute approximate surface area is 101 Å². The first-order valence-electron chi connectivity index (χ1n) is 6.33. The van der Waals surface area contributed by atoms with Gasteiger partial charge in [0.1, 0.15) is 0 Å². The van der Waals surface area contributed by atoms with Crippen molar-refractivity contribution < 1.29 is 0 Å². The van der Waals surface area contributed by atoms with E-state index >= 15 is 0 Å². The highest BCUT2D eigenvalue weighted by molar-refractivity contribution is 6.75. The number of hydrogen-bond acceptors (Lipinski definition) is 0. The molecule has 0 heterocycles. The molecule has 2 aliphatic rings. The molecule has 0 N–H and O–H groups in total. The zero-order valence-electron chi connectivity index (χ0n) is 10.2. The molecule has 7 radical (unpaired) electrons.